The number of halogens is 1. The van der Waals surface area contributed by atoms with E-state index in [1.54, 1.807) is 11.1 Å². The van der Waals surface area contributed by atoms with Gasteiger partial charge in [-0.15, -0.1) is 0 Å². The number of amides is 1. The average Bonchev–Trinajstić information content (AvgIpc) is 3.79. The molecule has 3 aliphatic heterocycles. The Kier molecular flexibility index (Phi) is 7.62. The maximum atomic E-state index is 14.3. The van der Waals surface area contributed by atoms with Gasteiger partial charge in [0.1, 0.15) is 29.7 Å². The highest BCUT2D eigenvalue weighted by Gasteiger charge is 2.54. The van der Waals surface area contributed by atoms with E-state index in [0.29, 0.717) is 24.2 Å². The lowest BCUT2D eigenvalue weighted by Crippen LogP contribution is -2.65. The van der Waals surface area contributed by atoms with Crippen molar-refractivity contribution in [2.75, 3.05) is 44.2 Å². The van der Waals surface area contributed by atoms with Crippen LogP contribution in [0.5, 0.6) is 17.2 Å². The molecular formula is C33H39FN6O4. The lowest BCUT2D eigenvalue weighted by Gasteiger charge is -2.59. The van der Waals surface area contributed by atoms with E-state index in [0.717, 1.165) is 70.0 Å². The Morgan fingerprint density at radius 2 is 2.00 bits per heavy atom. The second-order valence-corrected chi connectivity index (χ2v) is 12.8. The molecule has 1 unspecified atom stereocenters. The van der Waals surface area contributed by atoms with Crippen LogP contribution in [0.1, 0.15) is 55.2 Å². The number of anilines is 1. The van der Waals surface area contributed by atoms with Gasteiger partial charge < -0.3 is 24.0 Å². The summed E-state index contributed by atoms with van der Waals surface area (Å²) < 4.78 is 32.5. The van der Waals surface area contributed by atoms with Gasteiger partial charge in [-0.05, 0) is 57.9 Å². The second kappa shape index (κ2) is 11.6. The van der Waals surface area contributed by atoms with E-state index in [9.17, 15) is 9.18 Å². The van der Waals surface area contributed by atoms with Crippen LogP contribution in [0.25, 0.3) is 0 Å². The van der Waals surface area contributed by atoms with Crippen molar-refractivity contribution in [3.63, 3.8) is 0 Å². The van der Waals surface area contributed by atoms with Gasteiger partial charge in [-0.2, -0.15) is 0 Å². The van der Waals surface area contributed by atoms with Gasteiger partial charge in [0.25, 0.3) is 5.91 Å². The number of aromatic nitrogens is 3. The Bertz CT molecular complexity index is 1530. The highest BCUT2D eigenvalue weighted by molar-refractivity contribution is 5.97. The predicted octanol–water partition coefficient (Wildman–Crippen LogP) is 4.48. The molecule has 1 saturated carbocycles. The number of pyridine rings is 1. The molecule has 7 rings (SSSR count). The quantitative estimate of drug-likeness (QED) is 0.311. The average molecular weight is 603 g/mol. The molecular weight excluding hydrogens is 563 g/mol. The van der Waals surface area contributed by atoms with E-state index in [4.69, 9.17) is 14.2 Å². The lowest BCUT2D eigenvalue weighted by molar-refractivity contribution is -0.0353. The molecule has 11 heteroatoms. The van der Waals surface area contributed by atoms with Crippen LogP contribution in [0, 0.1) is 11.2 Å². The van der Waals surface area contributed by atoms with E-state index < -0.39 is 5.82 Å². The summed E-state index contributed by atoms with van der Waals surface area (Å²) in [5.74, 6) is 1.57. The number of carbonyl (C=O) groups excluding carboxylic acids is 1. The summed E-state index contributed by atoms with van der Waals surface area (Å²) in [6.45, 7) is 11.6. The van der Waals surface area contributed by atoms with Gasteiger partial charge >= 0.3 is 0 Å². The molecule has 0 N–H and O–H groups in total. The van der Waals surface area contributed by atoms with Crippen molar-refractivity contribution >= 4 is 11.7 Å². The van der Waals surface area contributed by atoms with Crippen molar-refractivity contribution in [1.29, 1.82) is 0 Å². The molecule has 44 heavy (non-hydrogen) atoms. The lowest BCUT2D eigenvalue weighted by atomic mass is 9.61. The summed E-state index contributed by atoms with van der Waals surface area (Å²) in [5.41, 5.74) is 2.71. The maximum absolute atomic E-state index is 14.3. The van der Waals surface area contributed by atoms with Gasteiger partial charge in [0.15, 0.2) is 11.6 Å². The molecule has 1 atom stereocenters. The minimum Gasteiger partial charge on any atom is -0.490 e. The SMILES string of the molecule is CCN(C(=O)c1cc(F)ccc1Oc1cncnc1N1CC2(CC(Oc3ccnc4c3CN(CC3CO3)CC4)C2)C1)C(C)C. The third-order valence-corrected chi connectivity index (χ3v) is 9.26. The van der Waals surface area contributed by atoms with Crippen LogP contribution in [0.3, 0.4) is 0 Å². The Balaban J connectivity index is 0.997. The summed E-state index contributed by atoms with van der Waals surface area (Å²) in [4.78, 5) is 32.9. The van der Waals surface area contributed by atoms with E-state index in [-0.39, 0.29) is 34.8 Å². The van der Waals surface area contributed by atoms with Crippen molar-refractivity contribution in [2.45, 2.75) is 64.8 Å². The van der Waals surface area contributed by atoms with Crippen LogP contribution in [-0.4, -0.2) is 88.2 Å². The van der Waals surface area contributed by atoms with Crippen LogP contribution in [0.4, 0.5) is 10.2 Å². The third-order valence-electron chi connectivity index (χ3n) is 9.26. The number of hydrogen-bond acceptors (Lipinski definition) is 9. The van der Waals surface area contributed by atoms with Gasteiger partial charge in [0.2, 0.25) is 0 Å². The molecule has 10 nitrogen and oxygen atoms in total. The molecule has 232 valence electrons. The number of rotatable bonds is 10. The zero-order valence-corrected chi connectivity index (χ0v) is 25.5. The van der Waals surface area contributed by atoms with Crippen LogP contribution < -0.4 is 14.4 Å². The smallest absolute Gasteiger partial charge is 0.257 e. The number of ether oxygens (including phenoxy) is 3. The monoisotopic (exact) mass is 602 g/mol. The predicted molar refractivity (Wildman–Crippen MR) is 162 cm³/mol. The van der Waals surface area contributed by atoms with Crippen molar-refractivity contribution in [3.8, 4) is 17.2 Å². The van der Waals surface area contributed by atoms with Crippen LogP contribution in [0.15, 0.2) is 43.0 Å². The minimum atomic E-state index is -0.492. The molecule has 5 heterocycles. The molecule has 1 amide bonds. The fraction of sp³-hybridized carbons (Fsp3) is 0.515. The van der Waals surface area contributed by atoms with Gasteiger partial charge in [-0.25, -0.2) is 14.4 Å². The summed E-state index contributed by atoms with van der Waals surface area (Å²) in [6.07, 6.45) is 8.40. The molecule has 0 bridgehead atoms. The first kappa shape index (κ1) is 28.9. The highest BCUT2D eigenvalue weighted by Crippen LogP contribution is 2.52. The van der Waals surface area contributed by atoms with E-state index in [1.165, 1.54) is 30.1 Å². The molecule has 2 aromatic heterocycles. The molecule has 1 aliphatic carbocycles. The van der Waals surface area contributed by atoms with Crippen molar-refractivity contribution in [2.24, 2.45) is 5.41 Å². The van der Waals surface area contributed by atoms with Crippen molar-refractivity contribution < 1.29 is 23.4 Å². The Hall–Kier alpha value is -3.83. The second-order valence-electron chi connectivity index (χ2n) is 12.8. The van der Waals surface area contributed by atoms with E-state index in [1.807, 2.05) is 33.0 Å². The zero-order valence-electron chi connectivity index (χ0n) is 25.5. The van der Waals surface area contributed by atoms with Gasteiger partial charge in [0.05, 0.1) is 24.5 Å². The topological polar surface area (TPSA) is 96.5 Å². The molecule has 1 aromatic carbocycles. The first-order valence-electron chi connectivity index (χ1n) is 15.6. The Morgan fingerprint density at radius 3 is 2.75 bits per heavy atom. The van der Waals surface area contributed by atoms with Crippen molar-refractivity contribution in [3.05, 3.63) is 65.6 Å². The van der Waals surface area contributed by atoms with Crippen LogP contribution >= 0.6 is 0 Å². The van der Waals surface area contributed by atoms with Gasteiger partial charge in [0, 0.05) is 74.6 Å². The molecule has 2 saturated heterocycles. The normalized spacial score (nSPS) is 20.6. The van der Waals surface area contributed by atoms with E-state index in [2.05, 4.69) is 24.8 Å². The van der Waals surface area contributed by atoms with Crippen LogP contribution in [0.2, 0.25) is 0 Å². The number of hydrogen-bond donors (Lipinski definition) is 0. The number of benzene rings is 1. The fourth-order valence-electron chi connectivity index (χ4n) is 6.93. The Labute approximate surface area is 257 Å². The summed E-state index contributed by atoms with van der Waals surface area (Å²) in [7, 11) is 0. The van der Waals surface area contributed by atoms with Crippen molar-refractivity contribution in [1.82, 2.24) is 24.8 Å². The molecule has 0 radical (unpaired) electrons. The number of nitrogens with zero attached hydrogens (tertiary/aromatic N) is 6. The third kappa shape index (κ3) is 5.70. The Morgan fingerprint density at radius 1 is 1.18 bits per heavy atom. The highest BCUT2D eigenvalue weighted by atomic mass is 19.1. The van der Waals surface area contributed by atoms with Crippen LogP contribution in [-0.2, 0) is 17.7 Å². The van der Waals surface area contributed by atoms with Gasteiger partial charge in [-0.3, -0.25) is 14.7 Å². The number of epoxide rings is 1. The molecule has 3 aromatic rings. The van der Waals surface area contributed by atoms with Gasteiger partial charge in [-0.1, -0.05) is 0 Å². The maximum Gasteiger partial charge on any atom is 0.257 e. The largest absolute Gasteiger partial charge is 0.490 e. The molecule has 3 fully saturated rings. The number of fused-ring (bicyclic) bond motifs is 1. The number of carbonyl (C=O) groups is 1. The minimum absolute atomic E-state index is 0.0344. The summed E-state index contributed by atoms with van der Waals surface area (Å²) in [6, 6.07) is 6.00. The first-order valence-corrected chi connectivity index (χ1v) is 15.6. The molecule has 4 aliphatic rings. The summed E-state index contributed by atoms with van der Waals surface area (Å²) in [5, 5.41) is 0. The molecule has 1 spiro atoms. The zero-order chi connectivity index (χ0) is 30.4. The van der Waals surface area contributed by atoms with E-state index >= 15 is 0 Å². The summed E-state index contributed by atoms with van der Waals surface area (Å²) >= 11 is 0. The first-order chi connectivity index (χ1) is 21.3. The standard InChI is InChI=1S/C33H39FN6O4/c1-4-40(21(2)3)32(41)25-11-22(34)5-6-28(25)44-30-14-35-20-37-31(30)39-18-33(19-39)12-23(13-33)43-29-7-9-36-27-8-10-38(16-26(27)29)15-24-17-42-24/h5-7,9,11,14,20-21,23-24H,4,8,10,12-13,15-19H2,1-3H3. The fourth-order valence-corrected chi connectivity index (χ4v) is 6.93.